The predicted octanol–water partition coefficient (Wildman–Crippen LogP) is 5.22. The molecule has 0 fully saturated rings. The number of allylic oxidation sites excluding steroid dienone is 3. The molecular weight excluding hydrogens is 228 g/mol. The van der Waals surface area contributed by atoms with Crippen molar-refractivity contribution in [1.29, 1.82) is 0 Å². The molecule has 19 heavy (non-hydrogen) atoms. The molecule has 0 saturated carbocycles. The molecule has 0 aliphatic carbocycles. The third-order valence-corrected chi connectivity index (χ3v) is 2.89. The number of rotatable bonds is 5. The molecule has 0 N–H and O–H groups in total. The van der Waals surface area contributed by atoms with Crippen LogP contribution in [0, 0.1) is 5.92 Å². The van der Waals surface area contributed by atoms with Crippen molar-refractivity contribution in [3.8, 4) is 0 Å². The van der Waals surface area contributed by atoms with Gasteiger partial charge in [-0.25, -0.2) is 0 Å². The highest BCUT2D eigenvalue weighted by Gasteiger charge is 1.93. The van der Waals surface area contributed by atoms with Crippen LogP contribution in [-0.4, -0.2) is 0 Å². The first kappa shape index (κ1) is 13.1. The normalized spacial score (nSPS) is 11.4. The lowest BCUT2D eigenvalue weighted by Gasteiger charge is -2.00. The summed E-state index contributed by atoms with van der Waals surface area (Å²) in [5.74, 6) is 0.250. The van der Waals surface area contributed by atoms with E-state index in [0.29, 0.717) is 0 Å². The number of benzene rings is 2. The zero-order chi connectivity index (χ0) is 13.3. The Hall–Kier alpha value is -2.34. The molecule has 0 amide bonds. The van der Waals surface area contributed by atoms with Crippen LogP contribution in [0.15, 0.2) is 85.5 Å². The van der Waals surface area contributed by atoms with Crippen LogP contribution in [0.1, 0.15) is 11.1 Å². The van der Waals surface area contributed by atoms with E-state index in [0.717, 1.165) is 0 Å². The van der Waals surface area contributed by atoms with Crippen LogP contribution >= 0.6 is 0 Å². The standard InChI is InChI=1S/C19H18/c1-2-17(13-15-18-9-5-3-6-10-18)14-16-19-11-7-4-8-12-19/h2-17H,1H2/b15-13+,16-14+. The Labute approximate surface area is 115 Å². The molecule has 2 aromatic rings. The van der Waals surface area contributed by atoms with E-state index in [1.165, 1.54) is 11.1 Å². The lowest BCUT2D eigenvalue weighted by atomic mass is 10.1. The van der Waals surface area contributed by atoms with Crippen molar-refractivity contribution in [2.45, 2.75) is 0 Å². The molecule has 0 heteroatoms. The third kappa shape index (κ3) is 4.44. The van der Waals surface area contributed by atoms with Gasteiger partial charge in [0.1, 0.15) is 0 Å². The maximum absolute atomic E-state index is 3.88. The molecule has 0 unspecified atom stereocenters. The summed E-state index contributed by atoms with van der Waals surface area (Å²) in [5, 5.41) is 0. The second-order valence-electron chi connectivity index (χ2n) is 4.35. The Balaban J connectivity index is 2.03. The van der Waals surface area contributed by atoms with Gasteiger partial charge >= 0.3 is 0 Å². The van der Waals surface area contributed by atoms with E-state index >= 15 is 0 Å². The molecule has 2 aromatic carbocycles. The summed E-state index contributed by atoms with van der Waals surface area (Å²) >= 11 is 0. The highest BCUT2D eigenvalue weighted by Crippen LogP contribution is 2.10. The van der Waals surface area contributed by atoms with Gasteiger partial charge < -0.3 is 0 Å². The molecule has 0 radical (unpaired) electrons. The average Bonchev–Trinajstić information content (AvgIpc) is 2.49. The molecule has 0 aliphatic heterocycles. The summed E-state index contributed by atoms with van der Waals surface area (Å²) in [6.45, 7) is 3.88. The van der Waals surface area contributed by atoms with Gasteiger partial charge in [0.2, 0.25) is 0 Å². The molecule has 0 aliphatic rings. The fourth-order valence-corrected chi connectivity index (χ4v) is 1.79. The monoisotopic (exact) mass is 246 g/mol. The van der Waals surface area contributed by atoms with Crippen molar-refractivity contribution in [2.24, 2.45) is 5.92 Å². The van der Waals surface area contributed by atoms with Gasteiger partial charge in [-0.05, 0) is 11.1 Å². The van der Waals surface area contributed by atoms with Crippen LogP contribution in [-0.2, 0) is 0 Å². The zero-order valence-electron chi connectivity index (χ0n) is 10.9. The quantitative estimate of drug-likeness (QED) is 0.635. The smallest absolute Gasteiger partial charge is 0.0131 e. The number of hydrogen-bond donors (Lipinski definition) is 0. The summed E-state index contributed by atoms with van der Waals surface area (Å²) in [5.41, 5.74) is 2.42. The van der Waals surface area contributed by atoms with Gasteiger partial charge in [-0.3, -0.25) is 0 Å². The van der Waals surface area contributed by atoms with Gasteiger partial charge in [-0.15, -0.1) is 6.58 Å². The fourth-order valence-electron chi connectivity index (χ4n) is 1.79. The summed E-state index contributed by atoms with van der Waals surface area (Å²) < 4.78 is 0. The van der Waals surface area contributed by atoms with E-state index < -0.39 is 0 Å². The first-order valence-electron chi connectivity index (χ1n) is 6.47. The maximum Gasteiger partial charge on any atom is 0.0131 e. The van der Waals surface area contributed by atoms with Gasteiger partial charge in [-0.2, -0.15) is 0 Å². The Bertz CT molecular complexity index is 498. The van der Waals surface area contributed by atoms with Crippen molar-refractivity contribution in [3.63, 3.8) is 0 Å². The van der Waals surface area contributed by atoms with Crippen LogP contribution in [0.4, 0.5) is 0 Å². The Morgan fingerprint density at radius 3 is 1.47 bits per heavy atom. The molecular formula is C19H18. The first-order valence-corrected chi connectivity index (χ1v) is 6.47. The largest absolute Gasteiger partial charge is 0.102 e. The van der Waals surface area contributed by atoms with E-state index in [-0.39, 0.29) is 5.92 Å². The minimum absolute atomic E-state index is 0.250. The number of hydrogen-bond acceptors (Lipinski definition) is 0. The third-order valence-electron chi connectivity index (χ3n) is 2.89. The van der Waals surface area contributed by atoms with Crippen molar-refractivity contribution in [1.82, 2.24) is 0 Å². The molecule has 0 aromatic heterocycles. The predicted molar refractivity (Wildman–Crippen MR) is 84.6 cm³/mol. The molecule has 0 spiro atoms. The van der Waals surface area contributed by atoms with Gasteiger partial charge in [0.05, 0.1) is 0 Å². The SMILES string of the molecule is C=CC(/C=C/c1ccccc1)/C=C/c1ccccc1. The summed E-state index contributed by atoms with van der Waals surface area (Å²) in [7, 11) is 0. The van der Waals surface area contributed by atoms with Crippen LogP contribution in [0.25, 0.3) is 12.2 Å². The van der Waals surface area contributed by atoms with Gasteiger partial charge in [0.15, 0.2) is 0 Å². The Kier molecular flexibility index (Phi) is 4.95. The van der Waals surface area contributed by atoms with E-state index in [1.54, 1.807) is 0 Å². The van der Waals surface area contributed by atoms with E-state index in [4.69, 9.17) is 0 Å². The molecule has 0 atom stereocenters. The highest BCUT2D eigenvalue weighted by atomic mass is 14.0. The Morgan fingerprint density at radius 1 is 0.684 bits per heavy atom. The molecule has 94 valence electrons. The summed E-state index contributed by atoms with van der Waals surface area (Å²) in [6, 6.07) is 20.6. The fraction of sp³-hybridized carbons (Fsp3) is 0.0526. The second kappa shape index (κ2) is 7.17. The van der Waals surface area contributed by atoms with E-state index in [9.17, 15) is 0 Å². The topological polar surface area (TPSA) is 0 Å². The average molecular weight is 246 g/mol. The van der Waals surface area contributed by atoms with Crippen LogP contribution in [0.3, 0.4) is 0 Å². The van der Waals surface area contributed by atoms with Crippen molar-refractivity contribution < 1.29 is 0 Å². The molecule has 0 nitrogen and oxygen atoms in total. The minimum atomic E-state index is 0.250. The minimum Gasteiger partial charge on any atom is -0.102 e. The van der Waals surface area contributed by atoms with Gasteiger partial charge in [0, 0.05) is 5.92 Å². The van der Waals surface area contributed by atoms with Crippen molar-refractivity contribution in [3.05, 3.63) is 96.6 Å². The highest BCUT2D eigenvalue weighted by molar-refractivity contribution is 5.53. The summed E-state index contributed by atoms with van der Waals surface area (Å²) in [4.78, 5) is 0. The lowest BCUT2D eigenvalue weighted by Crippen LogP contribution is -1.84. The lowest BCUT2D eigenvalue weighted by molar-refractivity contribution is 1.09. The molecule has 0 bridgehead atoms. The second-order valence-corrected chi connectivity index (χ2v) is 4.35. The summed E-state index contributed by atoms with van der Waals surface area (Å²) in [6.07, 6.45) is 10.5. The van der Waals surface area contributed by atoms with Crippen molar-refractivity contribution >= 4 is 12.2 Å². The molecule has 0 heterocycles. The maximum atomic E-state index is 3.88. The van der Waals surface area contributed by atoms with Crippen LogP contribution in [0.2, 0.25) is 0 Å². The molecule has 0 saturated heterocycles. The van der Waals surface area contributed by atoms with Gasteiger partial charge in [-0.1, -0.05) is 91.0 Å². The molecule has 2 rings (SSSR count). The van der Waals surface area contributed by atoms with E-state index in [2.05, 4.69) is 55.1 Å². The first-order chi connectivity index (χ1) is 9.38. The van der Waals surface area contributed by atoms with Crippen molar-refractivity contribution in [2.75, 3.05) is 0 Å². The zero-order valence-corrected chi connectivity index (χ0v) is 10.9. The van der Waals surface area contributed by atoms with Crippen LogP contribution < -0.4 is 0 Å². The van der Waals surface area contributed by atoms with E-state index in [1.807, 2.05) is 42.5 Å². The van der Waals surface area contributed by atoms with Crippen LogP contribution in [0.5, 0.6) is 0 Å². The van der Waals surface area contributed by atoms with Gasteiger partial charge in [0.25, 0.3) is 0 Å². The Morgan fingerprint density at radius 2 is 1.11 bits per heavy atom.